The van der Waals surface area contributed by atoms with Crippen molar-refractivity contribution in [2.45, 2.75) is 6.92 Å². The predicted molar refractivity (Wildman–Crippen MR) is 65.2 cm³/mol. The number of halogens is 2. The first kappa shape index (κ1) is 14.6. The minimum atomic E-state index is -1.48. The summed E-state index contributed by atoms with van der Waals surface area (Å²) in [7, 11) is 0. The molecule has 0 saturated carbocycles. The first-order valence-electron chi connectivity index (χ1n) is 5.23. The minimum Gasteiger partial charge on any atom is -0.478 e. The second kappa shape index (κ2) is 5.94. The maximum Gasteiger partial charge on any atom is 0.337 e. The molecule has 0 aliphatic carbocycles. The van der Waals surface area contributed by atoms with Crippen LogP contribution in [0.4, 0.5) is 19.3 Å². The molecular formula is C12H12F2N2O3. The molecule has 0 fully saturated rings. The highest BCUT2D eigenvalue weighted by atomic mass is 19.2. The van der Waals surface area contributed by atoms with Gasteiger partial charge in [0.05, 0.1) is 11.3 Å². The van der Waals surface area contributed by atoms with Gasteiger partial charge in [-0.25, -0.2) is 18.4 Å². The molecule has 0 aliphatic rings. The molecule has 0 bridgehead atoms. The zero-order chi connectivity index (χ0) is 14.6. The lowest BCUT2D eigenvalue weighted by Gasteiger charge is -2.10. The molecule has 19 heavy (non-hydrogen) atoms. The number of carboxylic acid groups (broad SMARTS) is 1. The molecule has 7 heteroatoms. The Morgan fingerprint density at radius 1 is 1.32 bits per heavy atom. The van der Waals surface area contributed by atoms with Crippen molar-refractivity contribution in [3.05, 3.63) is 41.5 Å². The SMILES string of the molecule is C=C(C)CNC(=O)Nc1cc(F)c(F)cc1C(=O)O. The first-order chi connectivity index (χ1) is 8.81. The largest absolute Gasteiger partial charge is 0.478 e. The molecule has 1 aromatic carbocycles. The standard InChI is InChI=1S/C12H12F2N2O3/c1-6(2)5-15-12(19)16-10-4-9(14)8(13)3-7(10)11(17)18/h3-4H,1,5H2,2H3,(H,17,18)(H2,15,16,19). The number of hydrogen-bond donors (Lipinski definition) is 3. The summed E-state index contributed by atoms with van der Waals surface area (Å²) in [5.41, 5.74) is -0.186. The van der Waals surface area contributed by atoms with E-state index in [2.05, 4.69) is 17.2 Å². The number of amides is 2. The van der Waals surface area contributed by atoms with Crippen LogP contribution in [0.25, 0.3) is 0 Å². The normalized spacial score (nSPS) is 9.84. The Bertz CT molecular complexity index is 544. The van der Waals surface area contributed by atoms with Crippen molar-refractivity contribution in [1.29, 1.82) is 0 Å². The molecule has 102 valence electrons. The first-order valence-corrected chi connectivity index (χ1v) is 5.23. The van der Waals surface area contributed by atoms with E-state index in [1.54, 1.807) is 6.92 Å². The van der Waals surface area contributed by atoms with E-state index in [1.165, 1.54) is 0 Å². The van der Waals surface area contributed by atoms with Gasteiger partial charge in [-0.2, -0.15) is 0 Å². The lowest BCUT2D eigenvalue weighted by atomic mass is 10.1. The Hall–Kier alpha value is -2.44. The third-order valence-electron chi connectivity index (χ3n) is 2.09. The van der Waals surface area contributed by atoms with Gasteiger partial charge < -0.3 is 15.7 Å². The quantitative estimate of drug-likeness (QED) is 0.735. The molecule has 5 nitrogen and oxygen atoms in total. The molecule has 0 saturated heterocycles. The van der Waals surface area contributed by atoms with E-state index in [1.807, 2.05) is 0 Å². The molecule has 1 rings (SSSR count). The average molecular weight is 270 g/mol. The van der Waals surface area contributed by atoms with Gasteiger partial charge in [0.1, 0.15) is 0 Å². The molecule has 0 atom stereocenters. The van der Waals surface area contributed by atoms with Crippen molar-refractivity contribution in [3.8, 4) is 0 Å². The second-order valence-corrected chi connectivity index (χ2v) is 3.88. The van der Waals surface area contributed by atoms with Crippen LogP contribution in [0.1, 0.15) is 17.3 Å². The highest BCUT2D eigenvalue weighted by Gasteiger charge is 2.16. The Balaban J connectivity index is 2.93. The highest BCUT2D eigenvalue weighted by molar-refractivity contribution is 6.00. The lowest BCUT2D eigenvalue weighted by molar-refractivity contribution is 0.0697. The molecule has 0 unspecified atom stereocenters. The van der Waals surface area contributed by atoms with E-state index in [0.717, 1.165) is 0 Å². The zero-order valence-electron chi connectivity index (χ0n) is 10.1. The predicted octanol–water partition coefficient (Wildman–Crippen LogP) is 2.36. The van der Waals surface area contributed by atoms with Crippen molar-refractivity contribution in [1.82, 2.24) is 5.32 Å². The van der Waals surface area contributed by atoms with Crippen molar-refractivity contribution < 1.29 is 23.5 Å². The maximum absolute atomic E-state index is 13.0. The number of carboxylic acids is 1. The topological polar surface area (TPSA) is 78.4 Å². The van der Waals surface area contributed by atoms with Gasteiger partial charge in [0.25, 0.3) is 0 Å². The third kappa shape index (κ3) is 4.06. The Morgan fingerprint density at radius 3 is 2.42 bits per heavy atom. The molecule has 1 aromatic rings. The molecule has 0 aromatic heterocycles. The van der Waals surface area contributed by atoms with Gasteiger partial charge in [0, 0.05) is 12.6 Å². The zero-order valence-corrected chi connectivity index (χ0v) is 10.1. The second-order valence-electron chi connectivity index (χ2n) is 3.88. The Labute approximate surface area is 107 Å². The number of carbonyl (C=O) groups excluding carboxylic acids is 1. The molecule has 0 heterocycles. The third-order valence-corrected chi connectivity index (χ3v) is 2.09. The monoisotopic (exact) mass is 270 g/mol. The van der Waals surface area contributed by atoms with E-state index in [9.17, 15) is 18.4 Å². The van der Waals surface area contributed by atoms with Gasteiger partial charge in [0.15, 0.2) is 11.6 Å². The van der Waals surface area contributed by atoms with E-state index in [-0.39, 0.29) is 12.2 Å². The Morgan fingerprint density at radius 2 is 1.89 bits per heavy atom. The summed E-state index contributed by atoms with van der Waals surface area (Å²) >= 11 is 0. The summed E-state index contributed by atoms with van der Waals surface area (Å²) in [5.74, 6) is -4.03. The fourth-order valence-corrected chi connectivity index (χ4v) is 1.22. The number of urea groups is 1. The minimum absolute atomic E-state index is 0.178. The van der Waals surface area contributed by atoms with Crippen LogP contribution in [0, 0.1) is 11.6 Å². The molecule has 2 amide bonds. The van der Waals surface area contributed by atoms with Crippen LogP contribution in [0.5, 0.6) is 0 Å². The summed E-state index contributed by atoms with van der Waals surface area (Å²) in [6.45, 7) is 5.42. The van der Waals surface area contributed by atoms with E-state index >= 15 is 0 Å². The van der Waals surface area contributed by atoms with Crippen LogP contribution in [-0.4, -0.2) is 23.7 Å². The van der Waals surface area contributed by atoms with E-state index < -0.39 is 29.2 Å². The van der Waals surface area contributed by atoms with Crippen LogP contribution < -0.4 is 10.6 Å². The fourth-order valence-electron chi connectivity index (χ4n) is 1.22. The number of aromatic carboxylic acids is 1. The lowest BCUT2D eigenvalue weighted by Crippen LogP contribution is -2.30. The smallest absolute Gasteiger partial charge is 0.337 e. The molecule has 3 N–H and O–H groups in total. The number of nitrogens with one attached hydrogen (secondary N) is 2. The fraction of sp³-hybridized carbons (Fsp3) is 0.167. The molecule has 0 spiro atoms. The van der Waals surface area contributed by atoms with Gasteiger partial charge in [-0.3, -0.25) is 0 Å². The van der Waals surface area contributed by atoms with Gasteiger partial charge in [-0.05, 0) is 13.0 Å². The number of anilines is 1. The summed E-state index contributed by atoms with van der Waals surface area (Å²) < 4.78 is 26.0. The summed E-state index contributed by atoms with van der Waals surface area (Å²) in [6, 6.07) is 0.377. The van der Waals surface area contributed by atoms with Crippen LogP contribution in [0.3, 0.4) is 0 Å². The van der Waals surface area contributed by atoms with Crippen LogP contribution in [-0.2, 0) is 0 Å². The van der Waals surface area contributed by atoms with Gasteiger partial charge >= 0.3 is 12.0 Å². The molecule has 0 aliphatic heterocycles. The average Bonchev–Trinajstić information content (AvgIpc) is 2.30. The number of carbonyl (C=O) groups is 2. The van der Waals surface area contributed by atoms with Crippen LogP contribution >= 0.6 is 0 Å². The molecule has 0 radical (unpaired) electrons. The van der Waals surface area contributed by atoms with Crippen molar-refractivity contribution in [2.75, 3.05) is 11.9 Å². The summed E-state index contributed by atoms with van der Waals surface area (Å²) in [4.78, 5) is 22.3. The molecular weight excluding hydrogens is 258 g/mol. The van der Waals surface area contributed by atoms with Gasteiger partial charge in [0.2, 0.25) is 0 Å². The van der Waals surface area contributed by atoms with E-state index in [0.29, 0.717) is 17.7 Å². The van der Waals surface area contributed by atoms with Crippen molar-refractivity contribution in [2.24, 2.45) is 0 Å². The van der Waals surface area contributed by atoms with Crippen LogP contribution in [0.15, 0.2) is 24.3 Å². The number of hydrogen-bond acceptors (Lipinski definition) is 2. The van der Waals surface area contributed by atoms with Crippen LogP contribution in [0.2, 0.25) is 0 Å². The maximum atomic E-state index is 13.0. The van der Waals surface area contributed by atoms with Gasteiger partial charge in [-0.15, -0.1) is 0 Å². The van der Waals surface area contributed by atoms with Gasteiger partial charge in [-0.1, -0.05) is 12.2 Å². The highest BCUT2D eigenvalue weighted by Crippen LogP contribution is 2.20. The van der Waals surface area contributed by atoms with Crippen molar-refractivity contribution in [3.63, 3.8) is 0 Å². The number of benzene rings is 1. The summed E-state index contributed by atoms with van der Waals surface area (Å²) in [6.07, 6.45) is 0. The van der Waals surface area contributed by atoms with E-state index in [4.69, 9.17) is 5.11 Å². The number of rotatable bonds is 4. The summed E-state index contributed by atoms with van der Waals surface area (Å²) in [5, 5.41) is 13.3. The van der Waals surface area contributed by atoms with Crippen molar-refractivity contribution >= 4 is 17.7 Å². The Kier molecular flexibility index (Phi) is 4.57.